The summed E-state index contributed by atoms with van der Waals surface area (Å²) in [7, 11) is 0. The second kappa shape index (κ2) is 8.69. The molecule has 1 heteroatoms. The van der Waals surface area contributed by atoms with Crippen LogP contribution in [0.1, 0.15) is 43.7 Å². The Morgan fingerprint density at radius 1 is 0.913 bits per heavy atom. The minimum Gasteiger partial charge on any atom is -0.164 e. The van der Waals surface area contributed by atoms with E-state index in [1.165, 1.54) is 65.1 Å². The molecule has 0 radical (unpaired) electrons. The molecule has 3 aromatic carbocycles. The second-order valence-electron chi connectivity index (χ2n) is 6.35. The summed E-state index contributed by atoms with van der Waals surface area (Å²) in [5.41, 5.74) is 5.48. The molecule has 0 aromatic heterocycles. The smallest absolute Gasteiger partial charge is 0 e. The fourth-order valence-electron chi connectivity index (χ4n) is 3.18. The number of hydrogen-bond acceptors (Lipinski definition) is 0. The quantitative estimate of drug-likeness (QED) is 0.331. The normalized spacial score (nSPS) is 10.7. The van der Waals surface area contributed by atoms with Crippen LogP contribution in [0.5, 0.6) is 0 Å². The van der Waals surface area contributed by atoms with Crippen molar-refractivity contribution in [2.45, 2.75) is 46.0 Å². The number of unbranched alkanes of at least 4 members (excludes halogenated alkanes) is 3. The molecule has 118 valence electrons. The first-order chi connectivity index (χ1) is 10.8. The van der Waals surface area contributed by atoms with Crippen LogP contribution in [0, 0.1) is 6.92 Å². The molecule has 0 fully saturated rings. The second-order valence-corrected chi connectivity index (χ2v) is 6.35. The predicted molar refractivity (Wildman–Crippen MR) is 97.6 cm³/mol. The Hall–Kier alpha value is -1.07. The van der Waals surface area contributed by atoms with Crippen LogP contribution in [0.25, 0.3) is 21.9 Å². The van der Waals surface area contributed by atoms with Gasteiger partial charge in [0.25, 0.3) is 0 Å². The van der Waals surface area contributed by atoms with E-state index in [1.807, 2.05) is 0 Å². The molecule has 0 bridgehead atoms. The minimum atomic E-state index is 0. The largest absolute Gasteiger partial charge is 0.164 e. The van der Waals surface area contributed by atoms with E-state index in [1.54, 1.807) is 0 Å². The van der Waals surface area contributed by atoms with Crippen LogP contribution in [0.4, 0.5) is 0 Å². The molecule has 3 aromatic rings. The van der Waals surface area contributed by atoms with Gasteiger partial charge >= 0.3 is 0 Å². The first-order valence-corrected chi connectivity index (χ1v) is 8.53. The monoisotopic (exact) mass is 379 g/mol. The summed E-state index contributed by atoms with van der Waals surface area (Å²) < 4.78 is 0. The third kappa shape index (κ3) is 4.48. The van der Waals surface area contributed by atoms with Crippen molar-refractivity contribution in [2.24, 2.45) is 0 Å². The van der Waals surface area contributed by atoms with E-state index in [2.05, 4.69) is 68.4 Å². The van der Waals surface area contributed by atoms with Crippen LogP contribution >= 0.6 is 0 Å². The summed E-state index contributed by atoms with van der Waals surface area (Å²) in [6.07, 6.45) is 6.53. The van der Waals surface area contributed by atoms with Gasteiger partial charge in [0.1, 0.15) is 0 Å². The van der Waals surface area contributed by atoms with Crippen LogP contribution in [0.2, 0.25) is 0 Å². The van der Waals surface area contributed by atoms with Crippen molar-refractivity contribution >= 4 is 10.8 Å². The molecule has 0 nitrogen and oxygen atoms in total. The Kier molecular flexibility index (Phi) is 6.91. The Labute approximate surface area is 159 Å². The molecule has 0 saturated heterocycles. The Morgan fingerprint density at radius 2 is 1.70 bits per heavy atom. The molecule has 0 unspecified atom stereocenters. The van der Waals surface area contributed by atoms with E-state index in [4.69, 9.17) is 0 Å². The van der Waals surface area contributed by atoms with Crippen LogP contribution in [-0.2, 0) is 32.6 Å². The molecule has 0 aliphatic rings. The molecule has 23 heavy (non-hydrogen) atoms. The van der Waals surface area contributed by atoms with E-state index in [0.29, 0.717) is 0 Å². The van der Waals surface area contributed by atoms with E-state index in [9.17, 15) is 0 Å². The zero-order chi connectivity index (χ0) is 15.4. The number of hydrogen-bond donors (Lipinski definition) is 0. The van der Waals surface area contributed by atoms with Crippen molar-refractivity contribution in [3.8, 4) is 11.1 Å². The van der Waals surface area contributed by atoms with Gasteiger partial charge in [-0.15, -0.1) is 34.5 Å². The summed E-state index contributed by atoms with van der Waals surface area (Å²) >= 11 is 0. The average molecular weight is 381 g/mol. The topological polar surface area (TPSA) is 0 Å². The van der Waals surface area contributed by atoms with E-state index in [-0.39, 0.29) is 26.2 Å². The number of rotatable bonds is 6. The first kappa shape index (κ1) is 18.3. The van der Waals surface area contributed by atoms with Gasteiger partial charge in [-0.2, -0.15) is 6.07 Å². The zero-order valence-corrected chi connectivity index (χ0v) is 16.7. The van der Waals surface area contributed by atoms with Crippen LogP contribution in [0.3, 0.4) is 0 Å². The summed E-state index contributed by atoms with van der Waals surface area (Å²) in [6, 6.07) is 20.3. The first-order valence-electron chi connectivity index (χ1n) is 8.53. The Morgan fingerprint density at radius 3 is 2.43 bits per heavy atom. The van der Waals surface area contributed by atoms with Crippen LogP contribution in [-0.4, -0.2) is 0 Å². The van der Waals surface area contributed by atoms with Gasteiger partial charge in [0.05, 0.1) is 0 Å². The molecular weight excluding hydrogens is 355 g/mol. The van der Waals surface area contributed by atoms with Crippen molar-refractivity contribution in [1.29, 1.82) is 0 Å². The molecule has 0 atom stereocenters. The molecule has 0 N–H and O–H groups in total. The maximum atomic E-state index is 2.40. The summed E-state index contributed by atoms with van der Waals surface area (Å²) in [6.45, 7) is 4.41. The van der Waals surface area contributed by atoms with E-state index >= 15 is 0 Å². The average Bonchev–Trinajstić information content (AvgIpc) is 2.95. The number of aryl methyl sites for hydroxylation is 2. The Bertz CT molecular complexity index is 734. The third-order valence-electron chi connectivity index (χ3n) is 4.49. The fourth-order valence-corrected chi connectivity index (χ4v) is 3.18. The maximum absolute atomic E-state index is 2.40. The van der Waals surface area contributed by atoms with Crippen molar-refractivity contribution in [1.82, 2.24) is 0 Å². The van der Waals surface area contributed by atoms with Gasteiger partial charge < -0.3 is 0 Å². The molecule has 0 aliphatic carbocycles. The van der Waals surface area contributed by atoms with Gasteiger partial charge in [-0.3, -0.25) is 0 Å². The van der Waals surface area contributed by atoms with Gasteiger partial charge in [0, 0.05) is 26.2 Å². The standard InChI is InChI=1S/C22H25.Zr/c1-3-4-5-6-8-18-15-20-9-7-10-21(22(20)16-18)19-13-11-17(2)12-14-19;/h7,9-16H,3-6,8H2,1-2H3;/q-1;. The van der Waals surface area contributed by atoms with Gasteiger partial charge in [-0.1, -0.05) is 74.1 Å². The molecule has 0 saturated carbocycles. The van der Waals surface area contributed by atoms with Crippen molar-refractivity contribution < 1.29 is 26.2 Å². The SMILES string of the molecule is CCCCCCc1cc2c(-c3ccc(C)cc3)cccc2[cH-]1.[Zr]. The molecular formula is C22H25Zr-. The number of benzene rings is 2. The van der Waals surface area contributed by atoms with Gasteiger partial charge in [-0.05, 0) is 18.9 Å². The molecule has 3 rings (SSSR count). The van der Waals surface area contributed by atoms with E-state index in [0.717, 1.165) is 0 Å². The fraction of sp³-hybridized carbons (Fsp3) is 0.318. The molecule has 0 aliphatic heterocycles. The number of fused-ring (bicyclic) bond motifs is 1. The molecule has 0 spiro atoms. The van der Waals surface area contributed by atoms with Gasteiger partial charge in [0.15, 0.2) is 0 Å². The molecule has 0 heterocycles. The van der Waals surface area contributed by atoms with Gasteiger partial charge in [-0.25, -0.2) is 0 Å². The minimum absolute atomic E-state index is 0. The summed E-state index contributed by atoms with van der Waals surface area (Å²) in [5, 5.41) is 2.78. The molecule has 0 amide bonds. The third-order valence-corrected chi connectivity index (χ3v) is 4.49. The summed E-state index contributed by atoms with van der Waals surface area (Å²) in [4.78, 5) is 0. The maximum Gasteiger partial charge on any atom is 0 e. The van der Waals surface area contributed by atoms with Crippen molar-refractivity contribution in [2.75, 3.05) is 0 Å². The predicted octanol–water partition coefficient (Wildman–Crippen LogP) is 6.65. The van der Waals surface area contributed by atoms with E-state index < -0.39 is 0 Å². The summed E-state index contributed by atoms with van der Waals surface area (Å²) in [5.74, 6) is 0. The van der Waals surface area contributed by atoms with Gasteiger partial charge in [0.2, 0.25) is 0 Å². The van der Waals surface area contributed by atoms with Crippen LogP contribution < -0.4 is 0 Å². The zero-order valence-electron chi connectivity index (χ0n) is 14.2. The van der Waals surface area contributed by atoms with Crippen molar-refractivity contribution in [3.05, 3.63) is 65.7 Å². The Balaban J connectivity index is 0.00000192. The van der Waals surface area contributed by atoms with Crippen molar-refractivity contribution in [3.63, 3.8) is 0 Å². The van der Waals surface area contributed by atoms with Crippen LogP contribution in [0.15, 0.2) is 54.6 Å².